The number of esters is 1. The second kappa shape index (κ2) is 7.63. The molecule has 2 saturated heterocycles. The van der Waals surface area contributed by atoms with Crippen LogP contribution in [0.15, 0.2) is 4.63 Å². The number of carbonyl (C=O) groups excluding carboxylic acids is 2. The Kier molecular flexibility index (Phi) is 5.48. The van der Waals surface area contributed by atoms with E-state index in [9.17, 15) is 9.59 Å². The molecule has 1 amide bonds. The van der Waals surface area contributed by atoms with Gasteiger partial charge in [-0.3, -0.25) is 4.79 Å². The molecule has 1 aliphatic carbocycles. The minimum atomic E-state index is -1.04. The lowest BCUT2D eigenvalue weighted by Gasteiger charge is -2.53. The molecule has 8 nitrogen and oxygen atoms in total. The number of fused-ring (bicyclic) bond motifs is 3. The largest absolute Gasteiger partial charge is 0.468 e. The van der Waals surface area contributed by atoms with Crippen molar-refractivity contribution < 1.29 is 23.7 Å². The quantitative estimate of drug-likeness (QED) is 0.564. The molecule has 144 valence electrons. The number of aromatic nitrogens is 2. The minimum Gasteiger partial charge on any atom is -0.468 e. The molecule has 2 bridgehead atoms. The summed E-state index contributed by atoms with van der Waals surface area (Å²) in [6.07, 6.45) is 5.64. The first-order chi connectivity index (χ1) is 12.6. The van der Waals surface area contributed by atoms with Crippen molar-refractivity contribution in [2.75, 3.05) is 20.8 Å². The molecule has 8 heteroatoms. The Labute approximate surface area is 153 Å². The highest BCUT2D eigenvalue weighted by molar-refractivity contribution is 5.85. The standard InChI is InChI=1S/C18H27N3O5/c1-4-5-6-7-13-15(20-26-19-13)18(16(22)24-2)10-12-8-9-14(18)21(11-12)17(23)25-3/h12,14H,4-11H2,1-3H3. The van der Waals surface area contributed by atoms with Crippen molar-refractivity contribution in [3.63, 3.8) is 0 Å². The summed E-state index contributed by atoms with van der Waals surface area (Å²) in [5, 5.41) is 8.20. The fourth-order valence-electron chi connectivity index (χ4n) is 4.64. The highest BCUT2D eigenvalue weighted by Crippen LogP contribution is 2.50. The molecule has 1 aromatic heterocycles. The van der Waals surface area contributed by atoms with E-state index >= 15 is 0 Å². The minimum absolute atomic E-state index is 0.193. The smallest absolute Gasteiger partial charge is 0.409 e. The molecule has 1 aromatic rings. The topological polar surface area (TPSA) is 94.8 Å². The lowest BCUT2D eigenvalue weighted by Crippen LogP contribution is -2.66. The average Bonchev–Trinajstić information content (AvgIpc) is 3.16. The van der Waals surface area contributed by atoms with Crippen LogP contribution in [0.1, 0.15) is 56.8 Å². The van der Waals surface area contributed by atoms with Gasteiger partial charge in [-0.1, -0.05) is 30.1 Å². The van der Waals surface area contributed by atoms with Crippen LogP contribution >= 0.6 is 0 Å². The number of unbranched alkanes of at least 4 members (excludes halogenated alkanes) is 2. The third-order valence-corrected chi connectivity index (χ3v) is 5.81. The summed E-state index contributed by atoms with van der Waals surface area (Å²) < 4.78 is 15.2. The van der Waals surface area contributed by atoms with E-state index in [1.807, 2.05) is 0 Å². The zero-order valence-corrected chi connectivity index (χ0v) is 15.7. The number of methoxy groups -OCH3 is 2. The maximum absolute atomic E-state index is 13.0. The second-order valence-electron chi connectivity index (χ2n) is 7.27. The first-order valence-electron chi connectivity index (χ1n) is 9.33. The van der Waals surface area contributed by atoms with Gasteiger partial charge in [-0.2, -0.15) is 0 Å². The summed E-state index contributed by atoms with van der Waals surface area (Å²) in [5.41, 5.74) is 0.191. The Morgan fingerprint density at radius 2 is 2.04 bits per heavy atom. The van der Waals surface area contributed by atoms with Gasteiger partial charge in [0.2, 0.25) is 0 Å². The Bertz CT molecular complexity index is 661. The van der Waals surface area contributed by atoms with Crippen LogP contribution in [-0.2, 0) is 26.1 Å². The van der Waals surface area contributed by atoms with Gasteiger partial charge in [-0.05, 0) is 38.0 Å². The van der Waals surface area contributed by atoms with Gasteiger partial charge in [-0.25, -0.2) is 9.42 Å². The summed E-state index contributed by atoms with van der Waals surface area (Å²) in [4.78, 5) is 27.0. The van der Waals surface area contributed by atoms with Crippen LogP contribution in [0.5, 0.6) is 0 Å². The molecule has 3 heterocycles. The Morgan fingerprint density at radius 1 is 1.23 bits per heavy atom. The lowest BCUT2D eigenvalue weighted by molar-refractivity contribution is -0.157. The molecule has 3 aliphatic rings. The molecule has 0 aromatic carbocycles. The monoisotopic (exact) mass is 365 g/mol. The Morgan fingerprint density at radius 3 is 2.69 bits per heavy atom. The van der Waals surface area contributed by atoms with E-state index in [0.717, 1.165) is 25.7 Å². The van der Waals surface area contributed by atoms with Gasteiger partial charge < -0.3 is 14.4 Å². The third-order valence-electron chi connectivity index (χ3n) is 5.81. The predicted molar refractivity (Wildman–Crippen MR) is 91.5 cm³/mol. The normalized spacial score (nSPS) is 27.4. The number of ether oxygens (including phenoxy) is 2. The number of aryl methyl sites for hydroxylation is 1. The van der Waals surface area contributed by atoms with E-state index in [1.165, 1.54) is 14.2 Å². The maximum Gasteiger partial charge on any atom is 0.409 e. The first-order valence-corrected chi connectivity index (χ1v) is 9.33. The molecule has 1 saturated carbocycles. The van der Waals surface area contributed by atoms with Crippen molar-refractivity contribution >= 4 is 12.1 Å². The molecule has 3 fully saturated rings. The van der Waals surface area contributed by atoms with Crippen molar-refractivity contribution in [1.29, 1.82) is 0 Å². The van der Waals surface area contributed by atoms with Crippen LogP contribution in [0.25, 0.3) is 0 Å². The first kappa shape index (κ1) is 18.7. The predicted octanol–water partition coefficient (Wildman–Crippen LogP) is 2.46. The summed E-state index contributed by atoms with van der Waals surface area (Å²) >= 11 is 0. The number of carbonyl (C=O) groups is 2. The molecular weight excluding hydrogens is 338 g/mol. The number of rotatable bonds is 6. The van der Waals surface area contributed by atoms with Crippen molar-refractivity contribution in [1.82, 2.24) is 15.2 Å². The third kappa shape index (κ3) is 2.95. The zero-order valence-electron chi connectivity index (χ0n) is 15.7. The fourth-order valence-corrected chi connectivity index (χ4v) is 4.64. The van der Waals surface area contributed by atoms with E-state index in [0.29, 0.717) is 37.2 Å². The zero-order chi connectivity index (χ0) is 18.7. The van der Waals surface area contributed by atoms with Crippen LogP contribution in [0.4, 0.5) is 4.79 Å². The van der Waals surface area contributed by atoms with Gasteiger partial charge in [0.25, 0.3) is 0 Å². The van der Waals surface area contributed by atoms with Gasteiger partial charge in [0.15, 0.2) is 0 Å². The van der Waals surface area contributed by atoms with E-state index in [1.54, 1.807) is 4.90 Å². The summed E-state index contributed by atoms with van der Waals surface area (Å²) in [6.45, 7) is 2.72. The molecule has 3 atom stereocenters. The summed E-state index contributed by atoms with van der Waals surface area (Å²) in [7, 11) is 2.73. The van der Waals surface area contributed by atoms with Crippen LogP contribution in [0, 0.1) is 5.92 Å². The molecular formula is C18H27N3O5. The summed E-state index contributed by atoms with van der Waals surface area (Å²) in [6, 6.07) is -0.357. The van der Waals surface area contributed by atoms with Crippen molar-refractivity contribution in [2.24, 2.45) is 5.92 Å². The highest BCUT2D eigenvalue weighted by atomic mass is 16.6. The molecule has 2 aliphatic heterocycles. The van der Waals surface area contributed by atoms with Gasteiger partial charge in [0.1, 0.15) is 16.8 Å². The molecule has 0 spiro atoms. The SMILES string of the molecule is CCCCCc1nonc1C1(C(=O)OC)CC2CCC1N(C(=O)OC)C2. The molecule has 26 heavy (non-hydrogen) atoms. The molecule has 0 radical (unpaired) electrons. The number of hydrogen-bond donors (Lipinski definition) is 0. The molecule has 3 unspecified atom stereocenters. The van der Waals surface area contributed by atoms with Crippen LogP contribution < -0.4 is 0 Å². The van der Waals surface area contributed by atoms with Gasteiger partial charge in [0.05, 0.1) is 20.3 Å². The van der Waals surface area contributed by atoms with Crippen molar-refractivity contribution in [3.8, 4) is 0 Å². The van der Waals surface area contributed by atoms with Crippen LogP contribution in [0.2, 0.25) is 0 Å². The molecule has 4 rings (SSSR count). The maximum atomic E-state index is 13.0. The fraction of sp³-hybridized carbons (Fsp3) is 0.778. The van der Waals surface area contributed by atoms with Crippen LogP contribution in [-0.4, -0.2) is 54.1 Å². The lowest BCUT2D eigenvalue weighted by atomic mass is 9.60. The van der Waals surface area contributed by atoms with E-state index in [-0.39, 0.29) is 17.9 Å². The van der Waals surface area contributed by atoms with Crippen molar-refractivity contribution in [3.05, 3.63) is 11.4 Å². The number of hydrogen-bond acceptors (Lipinski definition) is 7. The number of amides is 1. The van der Waals surface area contributed by atoms with Gasteiger partial charge in [-0.15, -0.1) is 0 Å². The summed E-state index contributed by atoms with van der Waals surface area (Å²) in [5.74, 6) is -0.188. The van der Waals surface area contributed by atoms with E-state index < -0.39 is 11.5 Å². The van der Waals surface area contributed by atoms with Gasteiger partial charge >= 0.3 is 12.1 Å². The van der Waals surface area contributed by atoms with E-state index in [4.69, 9.17) is 14.1 Å². The van der Waals surface area contributed by atoms with Gasteiger partial charge in [0, 0.05) is 6.54 Å². The van der Waals surface area contributed by atoms with Crippen molar-refractivity contribution in [2.45, 2.75) is 63.3 Å². The van der Waals surface area contributed by atoms with E-state index in [2.05, 4.69) is 17.2 Å². The Balaban J connectivity index is 2.02. The van der Waals surface area contributed by atoms with Crippen LogP contribution in [0.3, 0.4) is 0 Å². The number of piperidine rings is 2. The highest BCUT2D eigenvalue weighted by Gasteiger charge is 2.61. The number of nitrogens with zero attached hydrogens (tertiary/aromatic N) is 3. The second-order valence-corrected chi connectivity index (χ2v) is 7.27. The average molecular weight is 365 g/mol. The molecule has 0 N–H and O–H groups in total. The Hall–Kier alpha value is -2.12.